The van der Waals surface area contributed by atoms with Crippen LogP contribution in [0.2, 0.25) is 5.02 Å². The van der Waals surface area contributed by atoms with Gasteiger partial charge >= 0.3 is 0 Å². The van der Waals surface area contributed by atoms with Gasteiger partial charge in [0.05, 0.1) is 19.3 Å². The molecule has 122 valence electrons. The Labute approximate surface area is 139 Å². The second-order valence-electron chi connectivity index (χ2n) is 5.34. The fraction of sp³-hybridized carbons (Fsp3) is 0.400. The minimum Gasteiger partial charge on any atom is -0.378 e. The highest BCUT2D eigenvalue weighted by atomic mass is 35.5. The first-order valence-corrected chi connectivity index (χ1v) is 7.86. The Kier molecular flexibility index (Phi) is 4.90. The Bertz CT molecular complexity index is 658. The Morgan fingerprint density at radius 1 is 1.17 bits per heavy atom. The maximum atomic E-state index is 5.95. The molecule has 1 aromatic carbocycles. The average Bonchev–Trinajstić information content (AvgIpc) is 2.57. The highest BCUT2D eigenvalue weighted by molar-refractivity contribution is 6.30. The molecular formula is C15H19ClN6O. The average molecular weight is 335 g/mol. The van der Waals surface area contributed by atoms with Gasteiger partial charge in [0.2, 0.25) is 11.9 Å². The van der Waals surface area contributed by atoms with E-state index in [1.807, 2.05) is 19.1 Å². The van der Waals surface area contributed by atoms with E-state index < -0.39 is 0 Å². The van der Waals surface area contributed by atoms with E-state index in [2.05, 4.69) is 25.2 Å². The Balaban J connectivity index is 1.88. The predicted octanol–water partition coefficient (Wildman–Crippen LogP) is 2.12. The first kappa shape index (κ1) is 15.9. The van der Waals surface area contributed by atoms with Gasteiger partial charge in [-0.3, -0.25) is 0 Å². The first-order chi connectivity index (χ1) is 11.1. The molecule has 0 spiro atoms. The van der Waals surface area contributed by atoms with Crippen molar-refractivity contribution in [3.63, 3.8) is 0 Å². The van der Waals surface area contributed by atoms with Gasteiger partial charge in [0.1, 0.15) is 0 Å². The molecule has 1 saturated heterocycles. The van der Waals surface area contributed by atoms with Gasteiger partial charge in [-0.15, -0.1) is 0 Å². The van der Waals surface area contributed by atoms with Gasteiger partial charge in [-0.1, -0.05) is 11.6 Å². The van der Waals surface area contributed by atoms with Crippen LogP contribution in [-0.4, -0.2) is 41.3 Å². The molecule has 23 heavy (non-hydrogen) atoms. The lowest BCUT2D eigenvalue weighted by Crippen LogP contribution is -2.37. The summed E-state index contributed by atoms with van der Waals surface area (Å²) in [6, 6.07) is 7.07. The number of halogens is 1. The van der Waals surface area contributed by atoms with Gasteiger partial charge in [-0.25, -0.2) is 0 Å². The number of benzene rings is 1. The standard InChI is InChI=1S/C15H19ClN6O/c1-10(17)13-19-14(18-12-4-2-11(16)3-5-12)21-15(20-13)22-6-8-23-9-7-22/h2-5,10H,6-9,17H2,1H3,(H,18,19,20,21)/t10-/m1/s1. The number of aromatic nitrogens is 3. The van der Waals surface area contributed by atoms with Crippen LogP contribution in [0.5, 0.6) is 0 Å². The highest BCUT2D eigenvalue weighted by Crippen LogP contribution is 2.20. The zero-order valence-electron chi connectivity index (χ0n) is 12.9. The molecule has 3 N–H and O–H groups in total. The third-order valence-corrected chi connectivity index (χ3v) is 3.69. The lowest BCUT2D eigenvalue weighted by Gasteiger charge is -2.27. The van der Waals surface area contributed by atoms with Crippen LogP contribution in [0.4, 0.5) is 17.6 Å². The molecule has 2 aromatic rings. The summed E-state index contributed by atoms with van der Waals surface area (Å²) >= 11 is 5.90. The molecule has 3 rings (SSSR count). The number of nitrogens with zero attached hydrogens (tertiary/aromatic N) is 4. The first-order valence-electron chi connectivity index (χ1n) is 7.48. The van der Waals surface area contributed by atoms with Gasteiger partial charge in [-0.05, 0) is 31.2 Å². The summed E-state index contributed by atoms with van der Waals surface area (Å²) in [7, 11) is 0. The topological polar surface area (TPSA) is 89.2 Å². The van der Waals surface area contributed by atoms with Crippen molar-refractivity contribution >= 4 is 29.2 Å². The summed E-state index contributed by atoms with van der Waals surface area (Å²) in [6.07, 6.45) is 0. The van der Waals surface area contributed by atoms with Crippen molar-refractivity contribution in [3.05, 3.63) is 35.1 Å². The minimum atomic E-state index is -0.274. The van der Waals surface area contributed by atoms with E-state index in [1.165, 1.54) is 0 Å². The summed E-state index contributed by atoms with van der Waals surface area (Å²) in [6.45, 7) is 4.69. The number of morpholine rings is 1. The largest absolute Gasteiger partial charge is 0.378 e. The van der Waals surface area contributed by atoms with E-state index in [9.17, 15) is 0 Å². The van der Waals surface area contributed by atoms with Gasteiger partial charge in [0.15, 0.2) is 5.82 Å². The van der Waals surface area contributed by atoms with E-state index >= 15 is 0 Å². The molecule has 7 nitrogen and oxygen atoms in total. The number of ether oxygens (including phenoxy) is 1. The zero-order chi connectivity index (χ0) is 16.2. The Morgan fingerprint density at radius 2 is 1.87 bits per heavy atom. The molecule has 1 aliphatic rings. The molecule has 8 heteroatoms. The molecule has 1 fully saturated rings. The maximum absolute atomic E-state index is 5.95. The van der Waals surface area contributed by atoms with Gasteiger partial charge in [0, 0.05) is 23.8 Å². The second-order valence-corrected chi connectivity index (χ2v) is 5.77. The molecule has 0 aliphatic carbocycles. The van der Waals surface area contributed by atoms with E-state index in [0.29, 0.717) is 36.0 Å². The number of nitrogens with two attached hydrogens (primary N) is 1. The van der Waals surface area contributed by atoms with Crippen LogP contribution in [0, 0.1) is 0 Å². The number of hydrogen-bond donors (Lipinski definition) is 2. The molecule has 1 aliphatic heterocycles. The summed E-state index contributed by atoms with van der Waals surface area (Å²) in [5, 5.41) is 3.85. The second kappa shape index (κ2) is 7.08. The molecule has 0 amide bonds. The van der Waals surface area contributed by atoms with Crippen molar-refractivity contribution in [2.24, 2.45) is 5.73 Å². The monoisotopic (exact) mass is 334 g/mol. The highest BCUT2D eigenvalue weighted by Gasteiger charge is 2.17. The SMILES string of the molecule is C[C@@H](N)c1nc(Nc2ccc(Cl)cc2)nc(N2CCOCC2)n1. The molecular weight excluding hydrogens is 316 g/mol. The maximum Gasteiger partial charge on any atom is 0.232 e. The van der Waals surface area contributed by atoms with E-state index in [1.54, 1.807) is 12.1 Å². The molecule has 1 atom stereocenters. The smallest absolute Gasteiger partial charge is 0.232 e. The fourth-order valence-corrected chi connectivity index (χ4v) is 2.33. The number of hydrogen-bond acceptors (Lipinski definition) is 7. The normalized spacial score (nSPS) is 16.2. The van der Waals surface area contributed by atoms with Gasteiger partial charge < -0.3 is 20.7 Å². The molecule has 0 unspecified atom stereocenters. The lowest BCUT2D eigenvalue weighted by atomic mass is 10.3. The van der Waals surface area contributed by atoms with E-state index in [0.717, 1.165) is 18.8 Å². The van der Waals surface area contributed by atoms with Crippen LogP contribution in [-0.2, 0) is 4.74 Å². The van der Waals surface area contributed by atoms with Crippen molar-refractivity contribution in [2.45, 2.75) is 13.0 Å². The molecule has 0 saturated carbocycles. The van der Waals surface area contributed by atoms with Crippen molar-refractivity contribution in [1.29, 1.82) is 0 Å². The molecule has 0 radical (unpaired) electrons. The summed E-state index contributed by atoms with van der Waals surface area (Å²) in [5.74, 6) is 1.64. The summed E-state index contributed by atoms with van der Waals surface area (Å²) in [5.41, 5.74) is 6.80. The summed E-state index contributed by atoms with van der Waals surface area (Å²) < 4.78 is 5.37. The molecule has 2 heterocycles. The van der Waals surface area contributed by atoms with Crippen LogP contribution < -0.4 is 16.0 Å². The molecule has 1 aromatic heterocycles. The number of rotatable bonds is 4. The third kappa shape index (κ3) is 4.07. The van der Waals surface area contributed by atoms with Crippen LogP contribution in [0.15, 0.2) is 24.3 Å². The molecule has 0 bridgehead atoms. The Morgan fingerprint density at radius 3 is 2.52 bits per heavy atom. The van der Waals surface area contributed by atoms with Crippen molar-refractivity contribution in [2.75, 3.05) is 36.5 Å². The van der Waals surface area contributed by atoms with Crippen LogP contribution in [0.25, 0.3) is 0 Å². The lowest BCUT2D eigenvalue weighted by molar-refractivity contribution is 0.122. The quantitative estimate of drug-likeness (QED) is 0.885. The van der Waals surface area contributed by atoms with Crippen LogP contribution in [0.1, 0.15) is 18.8 Å². The zero-order valence-corrected chi connectivity index (χ0v) is 13.6. The fourth-order valence-electron chi connectivity index (χ4n) is 2.21. The Hall–Kier alpha value is -1.96. The predicted molar refractivity (Wildman–Crippen MR) is 90.2 cm³/mol. The third-order valence-electron chi connectivity index (χ3n) is 3.44. The van der Waals surface area contributed by atoms with E-state index in [4.69, 9.17) is 22.1 Å². The van der Waals surface area contributed by atoms with Crippen molar-refractivity contribution in [1.82, 2.24) is 15.0 Å². The minimum absolute atomic E-state index is 0.274. The van der Waals surface area contributed by atoms with E-state index in [-0.39, 0.29) is 6.04 Å². The van der Waals surface area contributed by atoms with Crippen molar-refractivity contribution in [3.8, 4) is 0 Å². The van der Waals surface area contributed by atoms with Crippen LogP contribution in [0.3, 0.4) is 0 Å². The van der Waals surface area contributed by atoms with Gasteiger partial charge in [0.25, 0.3) is 0 Å². The van der Waals surface area contributed by atoms with Gasteiger partial charge in [-0.2, -0.15) is 15.0 Å². The number of nitrogens with one attached hydrogen (secondary N) is 1. The van der Waals surface area contributed by atoms with Crippen molar-refractivity contribution < 1.29 is 4.74 Å². The van der Waals surface area contributed by atoms with Crippen LogP contribution >= 0.6 is 11.6 Å². The number of anilines is 3. The summed E-state index contributed by atoms with van der Waals surface area (Å²) in [4.78, 5) is 15.4.